The van der Waals surface area contributed by atoms with Gasteiger partial charge in [0.1, 0.15) is 0 Å². The van der Waals surface area contributed by atoms with Crippen LogP contribution in [-0.4, -0.2) is 56.5 Å². The van der Waals surface area contributed by atoms with E-state index >= 15 is 0 Å². The van der Waals surface area contributed by atoms with Gasteiger partial charge in [0.25, 0.3) is 0 Å². The Kier molecular flexibility index (Phi) is 6.41. The Balaban J connectivity index is 2.83. The summed E-state index contributed by atoms with van der Waals surface area (Å²) in [5.74, 6) is -1.89. The van der Waals surface area contributed by atoms with Crippen LogP contribution in [0.3, 0.4) is 0 Å². The van der Waals surface area contributed by atoms with Crippen LogP contribution in [0.2, 0.25) is 0 Å². The van der Waals surface area contributed by atoms with E-state index in [0.717, 1.165) is 0 Å². The fourth-order valence-corrected chi connectivity index (χ4v) is 2.59. The van der Waals surface area contributed by atoms with Gasteiger partial charge in [-0.2, -0.15) is 0 Å². The van der Waals surface area contributed by atoms with E-state index in [0.29, 0.717) is 9.24 Å². The van der Waals surface area contributed by atoms with E-state index in [9.17, 15) is 14.7 Å². The van der Waals surface area contributed by atoms with Crippen LogP contribution < -0.4 is 21.5 Å². The van der Waals surface area contributed by atoms with Crippen molar-refractivity contribution in [1.82, 2.24) is 0 Å². The molecule has 0 aromatic heterocycles. The van der Waals surface area contributed by atoms with Gasteiger partial charge >= 0.3 is 134 Å². The molecule has 0 unspecified atom stereocenters. The summed E-state index contributed by atoms with van der Waals surface area (Å²) in [5.41, 5.74) is 0.0457. The fourth-order valence-electron chi connectivity index (χ4n) is 1.75. The number of aromatic hydroxyl groups is 1. The first-order valence-electron chi connectivity index (χ1n) is 6.30. The van der Waals surface area contributed by atoms with Gasteiger partial charge < -0.3 is 0 Å². The summed E-state index contributed by atoms with van der Waals surface area (Å²) in [7, 11) is 3.96. The summed E-state index contributed by atoms with van der Waals surface area (Å²) in [6.07, 6.45) is -0.964. The molecule has 0 amide bonds. The summed E-state index contributed by atoms with van der Waals surface area (Å²) in [4.78, 5) is 25.1. The minimum absolute atomic E-state index is 0.0457. The summed E-state index contributed by atoms with van der Waals surface area (Å²) < 4.78 is 5.93. The second-order valence-electron chi connectivity index (χ2n) is 5.03. The number of phenols is 1. The van der Waals surface area contributed by atoms with Gasteiger partial charge in [-0.1, -0.05) is 0 Å². The van der Waals surface area contributed by atoms with E-state index < -0.39 is 18.0 Å². The topological polar surface area (TPSA) is 83.8 Å². The quantitative estimate of drug-likeness (QED) is 0.238. The average molecular weight is 409 g/mol. The SMILES string of the molecule is C[I-][N+](C)(C)C[C@H](CC(=O)O)OC(=O)c1ccccc1O. The number of rotatable bonds is 7. The number of carboxylic acid groups (broad SMARTS) is 1. The monoisotopic (exact) mass is 409 g/mol. The second kappa shape index (κ2) is 7.60. The van der Waals surface area contributed by atoms with E-state index in [2.05, 4.69) is 4.93 Å². The summed E-state index contributed by atoms with van der Waals surface area (Å²) >= 11 is -0.182. The molecule has 118 valence electrons. The van der Waals surface area contributed by atoms with Gasteiger partial charge in [0.15, 0.2) is 0 Å². The van der Waals surface area contributed by atoms with E-state index in [1.54, 1.807) is 12.1 Å². The number of benzene rings is 1. The molecule has 1 aromatic rings. The van der Waals surface area contributed by atoms with Crippen LogP contribution in [0.4, 0.5) is 0 Å². The number of alkyl halides is 1. The molecule has 1 aromatic carbocycles. The van der Waals surface area contributed by atoms with Crippen molar-refractivity contribution in [3.05, 3.63) is 29.8 Å². The van der Waals surface area contributed by atoms with Gasteiger partial charge in [-0.3, -0.25) is 0 Å². The summed E-state index contributed by atoms with van der Waals surface area (Å²) in [6, 6.07) is 6.05. The molecule has 1 rings (SSSR count). The Bertz CT molecular complexity index is 518. The van der Waals surface area contributed by atoms with E-state index in [1.165, 1.54) is 12.1 Å². The van der Waals surface area contributed by atoms with Gasteiger partial charge in [0.2, 0.25) is 0 Å². The third-order valence-corrected chi connectivity index (χ3v) is 5.90. The number of carboxylic acids is 1. The Morgan fingerprint density at radius 1 is 1.33 bits per heavy atom. The number of ether oxygens (including phenoxy) is 1. The molecular weight excluding hydrogens is 389 g/mol. The van der Waals surface area contributed by atoms with Crippen LogP contribution in [0.15, 0.2) is 24.3 Å². The zero-order valence-corrected chi connectivity index (χ0v) is 14.4. The predicted octanol–water partition coefficient (Wildman–Crippen LogP) is -1.90. The molecule has 2 N–H and O–H groups in total. The second-order valence-corrected chi connectivity index (χ2v) is 8.61. The number of esters is 1. The molecule has 6 nitrogen and oxygen atoms in total. The predicted molar refractivity (Wildman–Crippen MR) is 72.5 cm³/mol. The maximum absolute atomic E-state index is 12.1. The number of halogens is 1. The number of para-hydroxylation sites is 1. The van der Waals surface area contributed by atoms with Crippen molar-refractivity contribution in [3.63, 3.8) is 0 Å². The van der Waals surface area contributed by atoms with Crippen molar-refractivity contribution in [2.75, 3.05) is 25.6 Å². The number of carbonyl (C=O) groups is 2. The Morgan fingerprint density at radius 2 is 1.95 bits per heavy atom. The van der Waals surface area contributed by atoms with Gasteiger partial charge in [-0.15, -0.1) is 0 Å². The van der Waals surface area contributed by atoms with Crippen molar-refractivity contribution in [1.29, 1.82) is 0 Å². The summed E-state index contributed by atoms with van der Waals surface area (Å²) in [6.45, 7) is 0.440. The van der Waals surface area contributed by atoms with Crippen molar-refractivity contribution in [2.24, 2.45) is 0 Å². The first kappa shape index (κ1) is 17.7. The van der Waals surface area contributed by atoms with Crippen LogP contribution in [0, 0.1) is 0 Å². The number of aliphatic carboxylic acids is 1. The molecule has 0 spiro atoms. The Labute approximate surface area is 134 Å². The zero-order chi connectivity index (χ0) is 16.0. The number of likely N-dealkylation sites (N-methyl/N-ethyl adjacent to an activating group) is 1. The molecule has 0 radical (unpaired) electrons. The number of quaternary nitrogens is 1. The van der Waals surface area contributed by atoms with Gasteiger partial charge in [0, 0.05) is 0 Å². The van der Waals surface area contributed by atoms with Crippen LogP contribution in [0.5, 0.6) is 5.75 Å². The van der Waals surface area contributed by atoms with Crippen LogP contribution in [-0.2, 0) is 9.53 Å². The average Bonchev–Trinajstić information content (AvgIpc) is 2.37. The fraction of sp³-hybridized carbons (Fsp3) is 0.429. The number of hydrogen-bond acceptors (Lipinski definition) is 4. The van der Waals surface area contributed by atoms with Gasteiger partial charge in [-0.25, -0.2) is 0 Å². The third kappa shape index (κ3) is 5.88. The van der Waals surface area contributed by atoms with Crippen LogP contribution in [0.1, 0.15) is 16.8 Å². The van der Waals surface area contributed by atoms with Gasteiger partial charge in [0.05, 0.1) is 0 Å². The third-order valence-electron chi connectivity index (χ3n) is 2.90. The summed E-state index contributed by atoms with van der Waals surface area (Å²) in [5, 5.41) is 18.6. The Hall–Kier alpha value is -1.35. The van der Waals surface area contributed by atoms with Crippen molar-refractivity contribution in [2.45, 2.75) is 12.5 Å². The van der Waals surface area contributed by atoms with Gasteiger partial charge in [-0.05, 0) is 0 Å². The van der Waals surface area contributed by atoms with Crippen molar-refractivity contribution in [3.8, 4) is 5.75 Å². The number of nitrogens with zero attached hydrogens (tertiary/aromatic N) is 1. The van der Waals surface area contributed by atoms with Crippen molar-refractivity contribution < 1.29 is 48.7 Å². The molecule has 21 heavy (non-hydrogen) atoms. The number of hydrogen-bond donors (Lipinski definition) is 2. The Morgan fingerprint density at radius 3 is 2.48 bits per heavy atom. The van der Waals surface area contributed by atoms with E-state index in [4.69, 9.17) is 9.84 Å². The molecule has 0 aliphatic heterocycles. The molecule has 1 atom stereocenters. The minimum atomic E-state index is -1.01. The van der Waals surface area contributed by atoms with Crippen LogP contribution in [0.25, 0.3) is 0 Å². The first-order chi connectivity index (χ1) is 9.75. The molecule has 7 heteroatoms. The zero-order valence-electron chi connectivity index (χ0n) is 12.2. The molecule has 0 fully saturated rings. The first-order valence-corrected chi connectivity index (χ1v) is 9.42. The van der Waals surface area contributed by atoms with Crippen molar-refractivity contribution >= 4 is 11.9 Å². The van der Waals surface area contributed by atoms with Crippen LogP contribution >= 0.6 is 0 Å². The standard InChI is InChI=1S/C14H20INO5/c1-15-16(2,3)9-10(8-13(18)19)21-14(20)11-6-4-5-7-12(11)17/h4-7,10,17H,8-9H2,1-3H3,(H,18,19)/t10-/m0/s1. The molecular formula is C14H20INO5. The number of phenolic OH excluding ortho intramolecular Hbond substituents is 1. The number of carbonyl (C=O) groups excluding carboxylic acids is 1. The molecule has 0 saturated heterocycles. The molecule has 0 saturated carbocycles. The van der Waals surface area contributed by atoms with E-state index in [1.807, 2.05) is 14.1 Å². The maximum atomic E-state index is 12.1. The molecule has 0 heterocycles. The van der Waals surface area contributed by atoms with E-state index in [-0.39, 0.29) is 39.2 Å². The molecule has 0 aliphatic rings. The normalized spacial score (nSPS) is 12.9. The molecule has 0 bridgehead atoms. The molecule has 0 aliphatic carbocycles.